The van der Waals surface area contributed by atoms with E-state index in [1.54, 1.807) is 48.5 Å². The molecular formula is C22H18F3NO6S. The molecule has 0 radical (unpaired) electrons. The van der Waals surface area contributed by atoms with Crippen LogP contribution in [-0.2, 0) is 22.8 Å². The molecule has 0 saturated carbocycles. The summed E-state index contributed by atoms with van der Waals surface area (Å²) < 4.78 is 69.5. The lowest BCUT2D eigenvalue weighted by molar-refractivity contribution is -0.138. The van der Waals surface area contributed by atoms with Crippen LogP contribution in [0, 0.1) is 0 Å². The van der Waals surface area contributed by atoms with Gasteiger partial charge >= 0.3 is 12.1 Å². The first-order valence-electron chi connectivity index (χ1n) is 9.31. The highest BCUT2D eigenvalue weighted by atomic mass is 32.2. The minimum Gasteiger partial charge on any atom is -0.506 e. The molecule has 33 heavy (non-hydrogen) atoms. The van der Waals surface area contributed by atoms with Crippen molar-refractivity contribution >= 4 is 21.7 Å². The van der Waals surface area contributed by atoms with Gasteiger partial charge in [-0.05, 0) is 41.5 Å². The highest BCUT2D eigenvalue weighted by Crippen LogP contribution is 2.39. The predicted octanol–water partition coefficient (Wildman–Crippen LogP) is 4.73. The number of rotatable bonds is 7. The summed E-state index contributed by atoms with van der Waals surface area (Å²) in [4.78, 5) is 11.4. The number of halogens is 3. The number of carbonyl (C=O) groups is 1. The molecule has 0 aliphatic heterocycles. The third kappa shape index (κ3) is 5.95. The number of aromatic carboxylic acids is 1. The quantitative estimate of drug-likeness (QED) is 0.450. The van der Waals surface area contributed by atoms with Crippen LogP contribution < -0.4 is 9.46 Å². The molecule has 3 aromatic rings. The van der Waals surface area contributed by atoms with Gasteiger partial charge < -0.3 is 14.9 Å². The molecule has 0 unspecified atom stereocenters. The van der Waals surface area contributed by atoms with Crippen molar-refractivity contribution in [2.24, 2.45) is 0 Å². The fourth-order valence-corrected chi connectivity index (χ4v) is 3.66. The van der Waals surface area contributed by atoms with E-state index in [2.05, 4.69) is 4.72 Å². The van der Waals surface area contributed by atoms with E-state index in [0.717, 1.165) is 23.4 Å². The molecule has 0 aliphatic rings. The van der Waals surface area contributed by atoms with E-state index in [0.29, 0.717) is 17.5 Å². The average Bonchev–Trinajstić information content (AvgIpc) is 2.70. The van der Waals surface area contributed by atoms with Crippen LogP contribution in [0.4, 0.5) is 18.9 Å². The van der Waals surface area contributed by atoms with Gasteiger partial charge in [0.2, 0.25) is 10.0 Å². The molecule has 0 atom stereocenters. The van der Waals surface area contributed by atoms with Gasteiger partial charge in [0.1, 0.15) is 23.7 Å². The van der Waals surface area contributed by atoms with E-state index >= 15 is 0 Å². The molecule has 7 nitrogen and oxygen atoms in total. The van der Waals surface area contributed by atoms with E-state index < -0.39 is 39.0 Å². The maximum atomic E-state index is 12.9. The third-order valence-corrected chi connectivity index (χ3v) is 5.14. The normalized spacial score (nSPS) is 11.8. The van der Waals surface area contributed by atoms with Crippen molar-refractivity contribution in [3.05, 3.63) is 77.4 Å². The predicted molar refractivity (Wildman–Crippen MR) is 115 cm³/mol. The van der Waals surface area contributed by atoms with Crippen LogP contribution in [0.1, 0.15) is 21.5 Å². The summed E-state index contributed by atoms with van der Waals surface area (Å²) >= 11 is 0. The van der Waals surface area contributed by atoms with Crippen molar-refractivity contribution in [3.63, 3.8) is 0 Å². The largest absolute Gasteiger partial charge is 0.506 e. The number of hydrogen-bond acceptors (Lipinski definition) is 5. The maximum absolute atomic E-state index is 12.9. The highest BCUT2D eigenvalue weighted by Gasteiger charge is 2.36. The van der Waals surface area contributed by atoms with E-state index in [1.165, 1.54) is 0 Å². The Balaban J connectivity index is 1.79. The van der Waals surface area contributed by atoms with Gasteiger partial charge in [0.25, 0.3) is 0 Å². The van der Waals surface area contributed by atoms with E-state index in [4.69, 9.17) is 4.74 Å². The summed E-state index contributed by atoms with van der Waals surface area (Å²) in [5.74, 6) is -2.77. The topological polar surface area (TPSA) is 113 Å². The third-order valence-electron chi connectivity index (χ3n) is 4.53. The Morgan fingerprint density at radius 3 is 2.27 bits per heavy atom. The van der Waals surface area contributed by atoms with Crippen molar-refractivity contribution < 1.29 is 41.3 Å². The fourth-order valence-electron chi connectivity index (χ4n) is 3.10. The lowest BCUT2D eigenvalue weighted by atomic mass is 10.0. The molecule has 0 aliphatic carbocycles. The van der Waals surface area contributed by atoms with Crippen LogP contribution in [0.3, 0.4) is 0 Å². The number of anilines is 1. The Morgan fingerprint density at radius 2 is 1.70 bits per heavy atom. The van der Waals surface area contributed by atoms with Crippen LogP contribution in [0.25, 0.3) is 11.1 Å². The molecule has 0 fully saturated rings. The zero-order chi connectivity index (χ0) is 24.4. The highest BCUT2D eigenvalue weighted by molar-refractivity contribution is 7.92. The Bertz CT molecular complexity index is 1290. The van der Waals surface area contributed by atoms with Crippen LogP contribution in [0.15, 0.2) is 60.7 Å². The van der Waals surface area contributed by atoms with E-state index in [1.807, 2.05) is 0 Å². The monoisotopic (exact) mass is 481 g/mol. The molecule has 0 bridgehead atoms. The number of phenols is 1. The van der Waals surface area contributed by atoms with E-state index in [-0.39, 0.29) is 12.2 Å². The average molecular weight is 481 g/mol. The van der Waals surface area contributed by atoms with Gasteiger partial charge in [0, 0.05) is 11.3 Å². The molecule has 0 amide bonds. The zero-order valence-corrected chi connectivity index (χ0v) is 17.9. The molecule has 3 aromatic carbocycles. The number of hydrogen-bond donors (Lipinski definition) is 3. The van der Waals surface area contributed by atoms with Crippen LogP contribution in [0.5, 0.6) is 11.5 Å². The Labute approximate surface area is 187 Å². The van der Waals surface area contributed by atoms with Crippen LogP contribution in [-0.4, -0.2) is 30.9 Å². The second-order valence-electron chi connectivity index (χ2n) is 7.07. The first-order chi connectivity index (χ1) is 15.3. The van der Waals surface area contributed by atoms with Crippen molar-refractivity contribution in [3.8, 4) is 22.6 Å². The van der Waals surface area contributed by atoms with E-state index in [9.17, 15) is 36.6 Å². The first kappa shape index (κ1) is 23.9. The Morgan fingerprint density at radius 1 is 1.03 bits per heavy atom. The Hall–Kier alpha value is -3.73. The smallest absolute Gasteiger partial charge is 0.419 e. The number of alkyl halides is 3. The number of nitrogens with one attached hydrogen (secondary N) is 1. The van der Waals surface area contributed by atoms with Gasteiger partial charge in [-0.2, -0.15) is 13.2 Å². The zero-order valence-electron chi connectivity index (χ0n) is 17.1. The fraction of sp³-hybridized carbons (Fsp3) is 0.136. The Kier molecular flexibility index (Phi) is 6.54. The minimum absolute atomic E-state index is 0.128. The molecule has 0 aromatic heterocycles. The molecule has 3 rings (SSSR count). The van der Waals surface area contributed by atoms with Gasteiger partial charge in [0.15, 0.2) is 0 Å². The summed E-state index contributed by atoms with van der Waals surface area (Å²) in [6.45, 7) is -0.388. The van der Waals surface area contributed by atoms with Gasteiger partial charge in [-0.25, -0.2) is 13.2 Å². The number of carboxylic acid groups (broad SMARTS) is 1. The number of benzene rings is 3. The lowest BCUT2D eigenvalue weighted by Crippen LogP contribution is -2.12. The lowest BCUT2D eigenvalue weighted by Gasteiger charge is -2.15. The van der Waals surface area contributed by atoms with Gasteiger partial charge in [-0.1, -0.05) is 30.3 Å². The minimum atomic E-state index is -4.91. The van der Waals surface area contributed by atoms with Gasteiger partial charge in [-0.3, -0.25) is 4.72 Å². The summed E-state index contributed by atoms with van der Waals surface area (Å²) in [6.07, 6.45) is -3.87. The molecule has 3 N–H and O–H groups in total. The van der Waals surface area contributed by atoms with Crippen molar-refractivity contribution in [2.45, 2.75) is 12.8 Å². The van der Waals surface area contributed by atoms with Crippen LogP contribution in [0.2, 0.25) is 0 Å². The molecule has 0 spiro atoms. The van der Waals surface area contributed by atoms with Crippen molar-refractivity contribution in [1.82, 2.24) is 0 Å². The first-order valence-corrected chi connectivity index (χ1v) is 11.2. The summed E-state index contributed by atoms with van der Waals surface area (Å²) in [7, 11) is -3.43. The number of carboxylic acids is 1. The number of sulfonamides is 1. The second-order valence-corrected chi connectivity index (χ2v) is 8.82. The molecule has 174 valence electrons. The van der Waals surface area contributed by atoms with Crippen molar-refractivity contribution in [1.29, 1.82) is 0 Å². The number of ether oxygens (including phenoxy) is 1. The summed E-state index contributed by atoms with van der Waals surface area (Å²) in [5, 5.41) is 19.1. The standard InChI is InChI=1S/C22H18F3NO6S/c1-33(30,31)26-16-4-2-3-14(11-16)13-5-8-17(9-6-13)32-12-15-7-10-18(22(23,24)25)20(27)19(15)21(28)29/h2-11,26-27H,12H2,1H3,(H,28,29). The molecule has 0 saturated heterocycles. The summed E-state index contributed by atoms with van der Waals surface area (Å²) in [5.41, 5.74) is -0.610. The number of aromatic hydroxyl groups is 1. The second kappa shape index (κ2) is 9.02. The molecular weight excluding hydrogens is 463 g/mol. The molecule has 0 heterocycles. The summed E-state index contributed by atoms with van der Waals surface area (Å²) in [6, 6.07) is 14.7. The van der Waals surface area contributed by atoms with Gasteiger partial charge in [0.05, 0.1) is 11.8 Å². The van der Waals surface area contributed by atoms with Gasteiger partial charge in [-0.15, -0.1) is 0 Å². The van der Waals surface area contributed by atoms with Crippen molar-refractivity contribution in [2.75, 3.05) is 11.0 Å². The maximum Gasteiger partial charge on any atom is 0.419 e. The SMILES string of the molecule is CS(=O)(=O)Nc1cccc(-c2ccc(OCc3ccc(C(F)(F)F)c(O)c3C(=O)O)cc2)c1. The molecule has 11 heteroatoms. The van der Waals surface area contributed by atoms with Crippen LogP contribution >= 0.6 is 0 Å².